The van der Waals surface area contributed by atoms with E-state index in [4.69, 9.17) is 5.73 Å². The predicted octanol–water partition coefficient (Wildman–Crippen LogP) is 1.55. The van der Waals surface area contributed by atoms with Crippen molar-refractivity contribution in [3.63, 3.8) is 0 Å². The van der Waals surface area contributed by atoms with Crippen LogP contribution in [0.1, 0.15) is 19.8 Å². The Bertz CT molecular complexity index is 533. The van der Waals surface area contributed by atoms with E-state index in [0.29, 0.717) is 11.7 Å². The molecular formula is C12H17N5. The highest BCUT2D eigenvalue weighted by Crippen LogP contribution is 2.25. The summed E-state index contributed by atoms with van der Waals surface area (Å²) < 4.78 is 1.94. The summed E-state index contributed by atoms with van der Waals surface area (Å²) >= 11 is 0. The zero-order valence-corrected chi connectivity index (χ0v) is 10.0. The summed E-state index contributed by atoms with van der Waals surface area (Å²) in [6.45, 7) is 4.36. The summed E-state index contributed by atoms with van der Waals surface area (Å²) in [5, 5.41) is 0. The highest BCUT2D eigenvalue weighted by atomic mass is 15.2. The van der Waals surface area contributed by atoms with Gasteiger partial charge >= 0.3 is 0 Å². The van der Waals surface area contributed by atoms with E-state index in [1.807, 2.05) is 10.6 Å². The van der Waals surface area contributed by atoms with Crippen LogP contribution in [0.5, 0.6) is 0 Å². The van der Waals surface area contributed by atoms with Crippen molar-refractivity contribution in [2.75, 3.05) is 23.7 Å². The van der Waals surface area contributed by atoms with E-state index < -0.39 is 0 Å². The molecule has 0 aliphatic carbocycles. The molecule has 90 valence electrons. The highest BCUT2D eigenvalue weighted by molar-refractivity contribution is 5.66. The number of aromatic nitrogens is 3. The Morgan fingerprint density at radius 1 is 1.47 bits per heavy atom. The van der Waals surface area contributed by atoms with Gasteiger partial charge in [0.1, 0.15) is 5.82 Å². The minimum atomic E-state index is 0.545. The van der Waals surface area contributed by atoms with Gasteiger partial charge in [0.2, 0.25) is 0 Å². The standard InChI is InChI=1S/C12H17N5/c1-9-3-2-5-16(7-9)12-11-14-4-6-17(11)8-10(13)15-12/h4,6,8-9H,2-3,5,7,13H2,1H3. The molecule has 0 spiro atoms. The summed E-state index contributed by atoms with van der Waals surface area (Å²) in [4.78, 5) is 11.1. The number of hydrogen-bond donors (Lipinski definition) is 1. The van der Waals surface area contributed by atoms with Crippen molar-refractivity contribution in [2.45, 2.75) is 19.8 Å². The average Bonchev–Trinajstić information content (AvgIpc) is 2.75. The molecule has 0 bridgehead atoms. The summed E-state index contributed by atoms with van der Waals surface area (Å²) in [6, 6.07) is 0. The minimum Gasteiger partial charge on any atom is -0.382 e. The molecule has 0 radical (unpaired) electrons. The number of rotatable bonds is 1. The summed E-state index contributed by atoms with van der Waals surface area (Å²) in [7, 11) is 0. The molecule has 0 aromatic carbocycles. The third kappa shape index (κ3) is 1.81. The molecule has 5 heteroatoms. The van der Waals surface area contributed by atoms with Crippen molar-refractivity contribution in [1.29, 1.82) is 0 Å². The monoisotopic (exact) mass is 231 g/mol. The van der Waals surface area contributed by atoms with Crippen molar-refractivity contribution < 1.29 is 0 Å². The second kappa shape index (κ2) is 3.91. The number of piperidine rings is 1. The van der Waals surface area contributed by atoms with E-state index in [1.54, 1.807) is 12.4 Å². The Morgan fingerprint density at radius 3 is 3.18 bits per heavy atom. The van der Waals surface area contributed by atoms with Crippen LogP contribution in [0.2, 0.25) is 0 Å². The average molecular weight is 231 g/mol. The van der Waals surface area contributed by atoms with Gasteiger partial charge in [-0.15, -0.1) is 0 Å². The molecule has 3 rings (SSSR count). The molecule has 2 N–H and O–H groups in total. The molecule has 2 aromatic rings. The van der Waals surface area contributed by atoms with Gasteiger partial charge in [-0.2, -0.15) is 0 Å². The third-order valence-electron chi connectivity index (χ3n) is 3.33. The van der Waals surface area contributed by atoms with E-state index in [2.05, 4.69) is 21.8 Å². The molecule has 3 heterocycles. The molecule has 1 atom stereocenters. The molecular weight excluding hydrogens is 214 g/mol. The first-order chi connectivity index (χ1) is 8.24. The van der Waals surface area contributed by atoms with Gasteiger partial charge in [0.15, 0.2) is 11.5 Å². The van der Waals surface area contributed by atoms with Crippen LogP contribution in [-0.4, -0.2) is 27.5 Å². The van der Waals surface area contributed by atoms with Gasteiger partial charge in [-0.25, -0.2) is 9.97 Å². The highest BCUT2D eigenvalue weighted by Gasteiger charge is 2.20. The Labute approximate surface area is 100 Å². The Hall–Kier alpha value is -1.78. The van der Waals surface area contributed by atoms with Crippen LogP contribution in [-0.2, 0) is 0 Å². The van der Waals surface area contributed by atoms with Crippen LogP contribution in [0.3, 0.4) is 0 Å². The number of nitrogen functional groups attached to an aromatic ring is 1. The molecule has 1 fully saturated rings. The SMILES string of the molecule is CC1CCCN(c2nc(N)cn3ccnc23)C1. The first-order valence-corrected chi connectivity index (χ1v) is 6.08. The summed E-state index contributed by atoms with van der Waals surface area (Å²) in [6.07, 6.45) is 8.00. The lowest BCUT2D eigenvalue weighted by molar-refractivity contribution is 0.445. The van der Waals surface area contributed by atoms with Gasteiger partial charge in [-0.05, 0) is 18.8 Å². The molecule has 1 unspecified atom stereocenters. The fraction of sp³-hybridized carbons (Fsp3) is 0.500. The Balaban J connectivity index is 2.06. The largest absolute Gasteiger partial charge is 0.382 e. The van der Waals surface area contributed by atoms with Crippen molar-refractivity contribution in [3.05, 3.63) is 18.6 Å². The predicted molar refractivity (Wildman–Crippen MR) is 68.0 cm³/mol. The molecule has 1 aliphatic heterocycles. The summed E-state index contributed by atoms with van der Waals surface area (Å²) in [5.74, 6) is 2.17. The van der Waals surface area contributed by atoms with Crippen molar-refractivity contribution in [1.82, 2.24) is 14.4 Å². The van der Waals surface area contributed by atoms with Crippen LogP contribution in [0.25, 0.3) is 5.65 Å². The molecule has 0 amide bonds. The van der Waals surface area contributed by atoms with Gasteiger partial charge in [0.05, 0.1) is 6.20 Å². The van der Waals surface area contributed by atoms with E-state index in [9.17, 15) is 0 Å². The van der Waals surface area contributed by atoms with Crippen molar-refractivity contribution in [3.8, 4) is 0 Å². The molecule has 5 nitrogen and oxygen atoms in total. The lowest BCUT2D eigenvalue weighted by Gasteiger charge is -2.31. The molecule has 1 aliphatic rings. The lowest BCUT2D eigenvalue weighted by Crippen LogP contribution is -2.35. The number of nitrogens with two attached hydrogens (primary N) is 1. The lowest BCUT2D eigenvalue weighted by atomic mass is 10.0. The van der Waals surface area contributed by atoms with Crippen LogP contribution in [0.15, 0.2) is 18.6 Å². The molecule has 1 saturated heterocycles. The van der Waals surface area contributed by atoms with E-state index in [-0.39, 0.29) is 0 Å². The number of imidazole rings is 1. The fourth-order valence-electron chi connectivity index (χ4n) is 2.53. The summed E-state index contributed by atoms with van der Waals surface area (Å²) in [5.41, 5.74) is 6.74. The molecule has 0 saturated carbocycles. The third-order valence-corrected chi connectivity index (χ3v) is 3.33. The first-order valence-electron chi connectivity index (χ1n) is 6.08. The number of anilines is 2. The molecule has 17 heavy (non-hydrogen) atoms. The van der Waals surface area contributed by atoms with Gasteiger partial charge in [0.25, 0.3) is 0 Å². The normalized spacial score (nSPS) is 21.0. The maximum absolute atomic E-state index is 5.84. The van der Waals surface area contributed by atoms with Gasteiger partial charge < -0.3 is 15.0 Å². The first kappa shape index (κ1) is 10.4. The zero-order valence-electron chi connectivity index (χ0n) is 10.0. The van der Waals surface area contributed by atoms with Gasteiger partial charge in [0, 0.05) is 25.5 Å². The van der Waals surface area contributed by atoms with Crippen LogP contribution in [0, 0.1) is 5.92 Å². The van der Waals surface area contributed by atoms with E-state index >= 15 is 0 Å². The van der Waals surface area contributed by atoms with Crippen LogP contribution in [0.4, 0.5) is 11.6 Å². The quantitative estimate of drug-likeness (QED) is 0.809. The van der Waals surface area contributed by atoms with Crippen LogP contribution >= 0.6 is 0 Å². The Kier molecular flexibility index (Phi) is 2.39. The zero-order chi connectivity index (χ0) is 11.8. The number of nitrogens with zero attached hydrogens (tertiary/aromatic N) is 4. The van der Waals surface area contributed by atoms with E-state index in [1.165, 1.54) is 12.8 Å². The Morgan fingerprint density at radius 2 is 2.35 bits per heavy atom. The smallest absolute Gasteiger partial charge is 0.180 e. The number of fused-ring (bicyclic) bond motifs is 1. The minimum absolute atomic E-state index is 0.545. The van der Waals surface area contributed by atoms with Crippen molar-refractivity contribution >= 4 is 17.3 Å². The topological polar surface area (TPSA) is 59.5 Å². The van der Waals surface area contributed by atoms with Gasteiger partial charge in [-0.1, -0.05) is 6.92 Å². The second-order valence-electron chi connectivity index (χ2n) is 4.84. The van der Waals surface area contributed by atoms with Crippen LogP contribution < -0.4 is 10.6 Å². The number of hydrogen-bond acceptors (Lipinski definition) is 4. The maximum Gasteiger partial charge on any atom is 0.180 e. The maximum atomic E-state index is 5.84. The van der Waals surface area contributed by atoms with Gasteiger partial charge in [-0.3, -0.25) is 0 Å². The van der Waals surface area contributed by atoms with Crippen molar-refractivity contribution in [2.24, 2.45) is 5.92 Å². The molecule has 2 aromatic heterocycles. The fourth-order valence-corrected chi connectivity index (χ4v) is 2.53. The van der Waals surface area contributed by atoms with E-state index in [0.717, 1.165) is 24.6 Å². The second-order valence-corrected chi connectivity index (χ2v) is 4.84.